The Bertz CT molecular complexity index is 866. The van der Waals surface area contributed by atoms with Crippen LogP contribution in [-0.4, -0.2) is 4.57 Å². The maximum absolute atomic E-state index is 2.47. The van der Waals surface area contributed by atoms with Crippen LogP contribution in [0.3, 0.4) is 0 Å². The molecule has 2 heteroatoms. The van der Waals surface area contributed by atoms with Crippen LogP contribution in [0.2, 0.25) is 0 Å². The highest BCUT2D eigenvalue weighted by Crippen LogP contribution is 2.42. The van der Waals surface area contributed by atoms with E-state index in [2.05, 4.69) is 116 Å². The molecule has 1 heterocycles. The Hall–Kier alpha value is -2.35. The summed E-state index contributed by atoms with van der Waals surface area (Å²) in [6.45, 7) is 10.6. The highest BCUT2D eigenvalue weighted by molar-refractivity contribution is 5.31. The van der Waals surface area contributed by atoms with E-state index in [1.165, 1.54) is 36.8 Å². The van der Waals surface area contributed by atoms with E-state index in [1.807, 2.05) is 0 Å². The molecule has 2 nitrogen and oxygen atoms in total. The van der Waals surface area contributed by atoms with Crippen LogP contribution in [0, 0.1) is 5.92 Å². The molecule has 0 saturated heterocycles. The molecule has 0 aliphatic carbocycles. The van der Waals surface area contributed by atoms with Crippen molar-refractivity contribution >= 4 is 0 Å². The third kappa shape index (κ3) is 5.41. The molecule has 0 fully saturated rings. The summed E-state index contributed by atoms with van der Waals surface area (Å²) in [5.74, 6) is 0.514. The minimum atomic E-state index is -0.00413. The van der Waals surface area contributed by atoms with E-state index in [4.69, 9.17) is 0 Å². The zero-order valence-corrected chi connectivity index (χ0v) is 19.3. The number of benzene rings is 2. The van der Waals surface area contributed by atoms with Crippen LogP contribution in [-0.2, 0) is 18.4 Å². The van der Waals surface area contributed by atoms with E-state index >= 15 is 0 Å². The van der Waals surface area contributed by atoms with Crippen molar-refractivity contribution in [2.45, 2.75) is 77.8 Å². The van der Waals surface area contributed by atoms with Crippen molar-refractivity contribution in [2.75, 3.05) is 0 Å². The smallest absolute Gasteiger partial charge is 0.237 e. The molecule has 1 aromatic heterocycles. The van der Waals surface area contributed by atoms with Crippen molar-refractivity contribution < 1.29 is 4.57 Å². The first-order chi connectivity index (χ1) is 14.5. The maximum Gasteiger partial charge on any atom is 0.244 e. The van der Waals surface area contributed by atoms with Crippen LogP contribution in [0.4, 0.5) is 0 Å². The average molecular weight is 404 g/mol. The normalized spacial score (nSPS) is 14.6. The lowest BCUT2D eigenvalue weighted by atomic mass is 9.68. The number of rotatable bonds is 11. The molecule has 2 aromatic carbocycles. The van der Waals surface area contributed by atoms with E-state index in [0.29, 0.717) is 12.0 Å². The van der Waals surface area contributed by atoms with Crippen LogP contribution in [0.15, 0.2) is 79.4 Å². The summed E-state index contributed by atoms with van der Waals surface area (Å²) in [7, 11) is 0. The Labute approximate surface area is 183 Å². The lowest BCUT2D eigenvalue weighted by Crippen LogP contribution is -2.40. The van der Waals surface area contributed by atoms with Crippen molar-refractivity contribution in [3.63, 3.8) is 0 Å². The maximum atomic E-state index is 2.47. The molecular formula is C28H39N2+. The van der Waals surface area contributed by atoms with Gasteiger partial charge in [0.15, 0.2) is 0 Å². The Kier molecular flexibility index (Phi) is 7.90. The molecule has 0 aliphatic heterocycles. The van der Waals surface area contributed by atoms with Crippen molar-refractivity contribution in [1.82, 2.24) is 4.57 Å². The topological polar surface area (TPSA) is 8.81 Å². The van der Waals surface area contributed by atoms with Gasteiger partial charge in [0.25, 0.3) is 0 Å². The van der Waals surface area contributed by atoms with Gasteiger partial charge in [0.05, 0.1) is 6.54 Å². The Balaban J connectivity index is 1.94. The van der Waals surface area contributed by atoms with E-state index in [1.54, 1.807) is 0 Å². The number of unbranched alkanes of at least 4 members (excludes halogenated alkanes) is 3. The van der Waals surface area contributed by atoms with Crippen LogP contribution in [0.25, 0.3) is 0 Å². The quantitative estimate of drug-likeness (QED) is 0.247. The van der Waals surface area contributed by atoms with Crippen LogP contribution >= 0.6 is 0 Å². The third-order valence-corrected chi connectivity index (χ3v) is 6.43. The molecule has 3 aromatic rings. The van der Waals surface area contributed by atoms with Crippen LogP contribution in [0.1, 0.15) is 70.5 Å². The lowest BCUT2D eigenvalue weighted by Gasteiger charge is -2.38. The zero-order valence-electron chi connectivity index (χ0n) is 19.3. The minimum Gasteiger partial charge on any atom is -0.237 e. The molecule has 0 radical (unpaired) electrons. The number of hydrogen-bond acceptors (Lipinski definition) is 0. The van der Waals surface area contributed by atoms with Gasteiger partial charge in [-0.05, 0) is 36.3 Å². The Morgan fingerprint density at radius 3 is 2.20 bits per heavy atom. The van der Waals surface area contributed by atoms with Gasteiger partial charge in [-0.15, -0.1) is 0 Å². The van der Waals surface area contributed by atoms with E-state index in [0.717, 1.165) is 13.0 Å². The van der Waals surface area contributed by atoms with Crippen LogP contribution < -0.4 is 4.57 Å². The van der Waals surface area contributed by atoms with Gasteiger partial charge >= 0.3 is 0 Å². The van der Waals surface area contributed by atoms with Gasteiger partial charge in [-0.25, -0.2) is 9.13 Å². The van der Waals surface area contributed by atoms with Crippen molar-refractivity contribution in [3.05, 3.63) is 90.5 Å². The number of imidazole rings is 1. The summed E-state index contributed by atoms with van der Waals surface area (Å²) in [6.07, 6.45) is 13.1. The fourth-order valence-electron chi connectivity index (χ4n) is 5.05. The molecule has 0 amide bonds. The number of hydrogen-bond donors (Lipinski definition) is 0. The minimum absolute atomic E-state index is 0.00413. The monoisotopic (exact) mass is 403 g/mol. The molecule has 0 N–H and O–H groups in total. The molecule has 0 aliphatic rings. The fourth-order valence-corrected chi connectivity index (χ4v) is 5.05. The predicted octanol–water partition coefficient (Wildman–Crippen LogP) is 6.75. The summed E-state index contributed by atoms with van der Waals surface area (Å²) in [4.78, 5) is 0. The first kappa shape index (κ1) is 22.3. The first-order valence-electron chi connectivity index (χ1n) is 11.7. The SMILES string of the molecule is CCCCCC[n+]1ccn(C(C(C)C)C(C)(Cc2ccccc2)c2ccccc2)c1. The molecule has 30 heavy (non-hydrogen) atoms. The van der Waals surface area contributed by atoms with Gasteiger partial charge in [-0.3, -0.25) is 0 Å². The Morgan fingerprint density at radius 2 is 1.57 bits per heavy atom. The van der Waals surface area contributed by atoms with Gasteiger partial charge in [-0.2, -0.15) is 0 Å². The standard InChI is InChI=1S/C28H39N2/c1-5-6-7-14-19-29-20-21-30(23-29)27(24(2)3)28(4,26-17-12-9-13-18-26)22-25-15-10-8-11-16-25/h8-13,15-18,20-21,23-24,27H,5-7,14,19,22H2,1-4H3/q+1. The molecule has 0 spiro atoms. The molecule has 0 bridgehead atoms. The number of aryl methyl sites for hydroxylation is 1. The number of aromatic nitrogens is 2. The summed E-state index contributed by atoms with van der Waals surface area (Å²) >= 11 is 0. The van der Waals surface area contributed by atoms with Crippen molar-refractivity contribution in [3.8, 4) is 0 Å². The van der Waals surface area contributed by atoms with Gasteiger partial charge in [0, 0.05) is 5.41 Å². The molecule has 2 unspecified atom stereocenters. The third-order valence-electron chi connectivity index (χ3n) is 6.43. The fraction of sp³-hybridized carbons (Fsp3) is 0.464. The van der Waals surface area contributed by atoms with Gasteiger partial charge in [0.1, 0.15) is 18.4 Å². The van der Waals surface area contributed by atoms with E-state index < -0.39 is 0 Å². The van der Waals surface area contributed by atoms with E-state index in [9.17, 15) is 0 Å². The highest BCUT2D eigenvalue weighted by atomic mass is 15.1. The summed E-state index contributed by atoms with van der Waals surface area (Å²) in [5.41, 5.74) is 2.81. The van der Waals surface area contributed by atoms with Crippen LogP contribution in [0.5, 0.6) is 0 Å². The van der Waals surface area contributed by atoms with Crippen molar-refractivity contribution in [1.29, 1.82) is 0 Å². The molecular weight excluding hydrogens is 364 g/mol. The van der Waals surface area contributed by atoms with Gasteiger partial charge in [-0.1, -0.05) is 101 Å². The number of nitrogens with zero attached hydrogens (tertiary/aromatic N) is 2. The molecule has 2 atom stereocenters. The van der Waals surface area contributed by atoms with Gasteiger partial charge in [0.2, 0.25) is 6.33 Å². The highest BCUT2D eigenvalue weighted by Gasteiger charge is 2.42. The molecule has 0 saturated carbocycles. The predicted molar refractivity (Wildman–Crippen MR) is 127 cm³/mol. The zero-order chi connectivity index (χ0) is 21.4. The van der Waals surface area contributed by atoms with Crippen molar-refractivity contribution in [2.24, 2.45) is 5.92 Å². The Morgan fingerprint density at radius 1 is 0.900 bits per heavy atom. The molecule has 3 rings (SSSR count). The second kappa shape index (κ2) is 10.6. The molecule has 160 valence electrons. The first-order valence-corrected chi connectivity index (χ1v) is 11.7. The summed E-state index contributed by atoms with van der Waals surface area (Å²) in [6, 6.07) is 22.4. The summed E-state index contributed by atoms with van der Waals surface area (Å²) in [5, 5.41) is 0. The second-order valence-electron chi connectivity index (χ2n) is 9.29. The largest absolute Gasteiger partial charge is 0.244 e. The summed E-state index contributed by atoms with van der Waals surface area (Å²) < 4.78 is 4.85. The average Bonchev–Trinajstić information content (AvgIpc) is 3.20. The van der Waals surface area contributed by atoms with Gasteiger partial charge < -0.3 is 0 Å². The van der Waals surface area contributed by atoms with E-state index in [-0.39, 0.29) is 5.41 Å². The lowest BCUT2D eigenvalue weighted by molar-refractivity contribution is -0.697. The second-order valence-corrected chi connectivity index (χ2v) is 9.29.